The quantitative estimate of drug-likeness (QED) is 0.0983. The second-order valence-electron chi connectivity index (χ2n) is 10.4. The van der Waals surface area contributed by atoms with Crippen molar-refractivity contribution in [1.82, 2.24) is 9.66 Å². The van der Waals surface area contributed by atoms with Gasteiger partial charge in [-0.3, -0.25) is 14.9 Å². The summed E-state index contributed by atoms with van der Waals surface area (Å²) in [5, 5.41) is 16.6. The number of nitro groups is 1. The number of hydrogen-bond acceptors (Lipinski definition) is 7. The Labute approximate surface area is 249 Å². The first-order valence-corrected chi connectivity index (χ1v) is 14.1. The zero-order valence-electron chi connectivity index (χ0n) is 24.5. The van der Waals surface area contributed by atoms with Crippen LogP contribution in [0, 0.1) is 17.0 Å². The monoisotopic (exact) mass is 576 g/mol. The molecule has 0 spiro atoms. The maximum atomic E-state index is 13.9. The van der Waals surface area contributed by atoms with Crippen LogP contribution < -0.4 is 15.0 Å². The average molecular weight is 577 g/mol. The number of fused-ring (bicyclic) bond motifs is 1. The lowest BCUT2D eigenvalue weighted by molar-refractivity contribution is -0.384. The van der Waals surface area contributed by atoms with E-state index < -0.39 is 4.92 Å². The molecule has 5 aromatic rings. The van der Waals surface area contributed by atoms with Crippen LogP contribution in [0.1, 0.15) is 48.9 Å². The van der Waals surface area contributed by atoms with Crippen LogP contribution in [0.5, 0.6) is 11.5 Å². The van der Waals surface area contributed by atoms with E-state index in [1.54, 1.807) is 18.2 Å². The number of ether oxygens (including phenoxy) is 2. The van der Waals surface area contributed by atoms with Gasteiger partial charge in [-0.15, -0.1) is 0 Å². The van der Waals surface area contributed by atoms with Gasteiger partial charge in [-0.2, -0.15) is 9.78 Å². The average Bonchev–Trinajstić information content (AvgIpc) is 3.00. The van der Waals surface area contributed by atoms with Crippen molar-refractivity contribution in [1.29, 1.82) is 0 Å². The molecular weight excluding hydrogens is 544 g/mol. The summed E-state index contributed by atoms with van der Waals surface area (Å²) >= 11 is 0. The molecule has 0 fully saturated rings. The summed E-state index contributed by atoms with van der Waals surface area (Å²) in [6, 6.07) is 24.9. The van der Waals surface area contributed by atoms with E-state index >= 15 is 0 Å². The number of nitro benzene ring substituents is 1. The number of aromatic nitrogens is 2. The van der Waals surface area contributed by atoms with Gasteiger partial charge in [-0.25, -0.2) is 4.98 Å². The number of rotatable bonds is 10. The maximum Gasteiger partial charge on any atom is 0.282 e. The van der Waals surface area contributed by atoms with Gasteiger partial charge in [0.25, 0.3) is 11.2 Å². The highest BCUT2D eigenvalue weighted by atomic mass is 16.6. The number of nitrogens with zero attached hydrogens (tertiary/aromatic N) is 4. The third-order valence-electron chi connectivity index (χ3n) is 7.03. The Hall–Kier alpha value is -5.31. The third-order valence-corrected chi connectivity index (χ3v) is 7.03. The zero-order chi connectivity index (χ0) is 30.5. The van der Waals surface area contributed by atoms with Crippen LogP contribution in [0.4, 0.5) is 5.69 Å². The molecule has 218 valence electrons. The van der Waals surface area contributed by atoms with Crippen molar-refractivity contribution in [2.45, 2.75) is 40.2 Å². The van der Waals surface area contributed by atoms with Gasteiger partial charge in [0.15, 0.2) is 5.82 Å². The highest BCUT2D eigenvalue weighted by Crippen LogP contribution is 2.34. The predicted octanol–water partition coefficient (Wildman–Crippen LogP) is 7.26. The summed E-state index contributed by atoms with van der Waals surface area (Å²) in [6.07, 6.45) is 1.40. The van der Waals surface area contributed by atoms with Crippen LogP contribution >= 0.6 is 0 Å². The smallest absolute Gasteiger partial charge is 0.282 e. The molecule has 4 aromatic carbocycles. The summed E-state index contributed by atoms with van der Waals surface area (Å²) in [4.78, 5) is 29.8. The van der Waals surface area contributed by atoms with Crippen molar-refractivity contribution in [2.24, 2.45) is 5.10 Å². The van der Waals surface area contributed by atoms with Gasteiger partial charge in [-0.05, 0) is 66.8 Å². The summed E-state index contributed by atoms with van der Waals surface area (Å²) in [5.74, 6) is 1.67. The first kappa shape index (κ1) is 29.2. The van der Waals surface area contributed by atoms with Crippen LogP contribution in [0.2, 0.25) is 0 Å². The minimum Gasteiger partial charge on any atom is -0.494 e. The molecule has 0 saturated carbocycles. The van der Waals surface area contributed by atoms with E-state index in [9.17, 15) is 14.9 Å². The van der Waals surface area contributed by atoms with Crippen molar-refractivity contribution in [3.8, 4) is 22.9 Å². The minimum absolute atomic E-state index is 0.123. The molecule has 0 aliphatic carbocycles. The Morgan fingerprint density at radius 3 is 2.44 bits per heavy atom. The number of aryl methyl sites for hydroxylation is 1. The fraction of sp³-hybridized carbons (Fsp3) is 0.206. The normalized spacial score (nSPS) is 11.4. The second kappa shape index (κ2) is 12.7. The predicted molar refractivity (Wildman–Crippen MR) is 168 cm³/mol. The van der Waals surface area contributed by atoms with Gasteiger partial charge in [0, 0.05) is 23.3 Å². The Morgan fingerprint density at radius 1 is 0.977 bits per heavy atom. The standard InChI is InChI=1S/C34H32N4O5/c1-5-42-32-17-23(4)29(19-28(32)22(2)3)33-36-30-14-10-9-13-27(30)34(39)37(33)35-20-25-18-26(38(40)41)15-16-31(25)43-21-24-11-7-6-8-12-24/h6-20,22H,5,21H2,1-4H3. The molecule has 0 bridgehead atoms. The summed E-state index contributed by atoms with van der Waals surface area (Å²) in [7, 11) is 0. The molecule has 5 rings (SSSR count). The van der Waals surface area contributed by atoms with Crippen molar-refractivity contribution >= 4 is 22.8 Å². The molecule has 9 heteroatoms. The molecule has 0 N–H and O–H groups in total. The van der Waals surface area contributed by atoms with Gasteiger partial charge in [0.05, 0.1) is 28.6 Å². The highest BCUT2D eigenvalue weighted by Gasteiger charge is 2.19. The fourth-order valence-electron chi connectivity index (χ4n) is 4.81. The lowest BCUT2D eigenvalue weighted by atomic mass is 9.96. The van der Waals surface area contributed by atoms with Gasteiger partial charge in [0.1, 0.15) is 18.1 Å². The van der Waals surface area contributed by atoms with Crippen LogP contribution in [-0.4, -0.2) is 27.4 Å². The van der Waals surface area contributed by atoms with Crippen LogP contribution in [0.15, 0.2) is 94.8 Å². The van der Waals surface area contributed by atoms with Crippen molar-refractivity contribution in [2.75, 3.05) is 6.61 Å². The molecule has 0 unspecified atom stereocenters. The first-order chi connectivity index (χ1) is 20.8. The Bertz CT molecular complexity index is 1880. The van der Waals surface area contributed by atoms with Gasteiger partial charge >= 0.3 is 0 Å². The Morgan fingerprint density at radius 2 is 1.72 bits per heavy atom. The Kier molecular flexibility index (Phi) is 8.61. The van der Waals surface area contributed by atoms with E-state index in [0.29, 0.717) is 34.6 Å². The third kappa shape index (κ3) is 6.30. The van der Waals surface area contributed by atoms with Gasteiger partial charge in [-0.1, -0.05) is 56.3 Å². The topological polar surface area (TPSA) is 109 Å². The Balaban J connectivity index is 1.67. The lowest BCUT2D eigenvalue weighted by Crippen LogP contribution is -2.21. The van der Waals surface area contributed by atoms with Crippen LogP contribution in [0.3, 0.4) is 0 Å². The molecule has 9 nitrogen and oxygen atoms in total. The van der Waals surface area contributed by atoms with Gasteiger partial charge < -0.3 is 9.47 Å². The molecule has 1 aromatic heterocycles. The zero-order valence-corrected chi connectivity index (χ0v) is 24.5. The molecule has 0 radical (unpaired) electrons. The maximum absolute atomic E-state index is 13.9. The SMILES string of the molecule is CCOc1cc(C)c(-c2nc3ccccc3c(=O)n2N=Cc2cc([N+](=O)[O-])ccc2OCc2ccccc2)cc1C(C)C. The summed E-state index contributed by atoms with van der Waals surface area (Å²) in [5.41, 5.74) is 3.91. The van der Waals surface area contributed by atoms with E-state index in [-0.39, 0.29) is 23.8 Å². The summed E-state index contributed by atoms with van der Waals surface area (Å²) in [6.45, 7) is 8.82. The van der Waals surface area contributed by atoms with E-state index in [4.69, 9.17) is 14.5 Å². The molecule has 0 aliphatic heterocycles. The molecule has 0 atom stereocenters. The lowest BCUT2D eigenvalue weighted by Gasteiger charge is -2.18. The van der Waals surface area contributed by atoms with E-state index in [0.717, 1.165) is 28.0 Å². The van der Waals surface area contributed by atoms with Crippen molar-refractivity contribution in [3.05, 3.63) is 128 Å². The highest BCUT2D eigenvalue weighted by molar-refractivity contribution is 5.85. The van der Waals surface area contributed by atoms with E-state index in [2.05, 4.69) is 18.9 Å². The van der Waals surface area contributed by atoms with E-state index in [1.807, 2.05) is 62.4 Å². The molecule has 0 aliphatic rings. The molecular formula is C34H32N4O5. The van der Waals surface area contributed by atoms with Gasteiger partial charge in [0.2, 0.25) is 0 Å². The number of non-ortho nitro benzene ring substituents is 1. The number of para-hydroxylation sites is 1. The van der Waals surface area contributed by atoms with E-state index in [1.165, 1.54) is 29.1 Å². The first-order valence-electron chi connectivity index (χ1n) is 14.1. The summed E-state index contributed by atoms with van der Waals surface area (Å²) < 4.78 is 13.2. The van der Waals surface area contributed by atoms with Crippen LogP contribution in [-0.2, 0) is 6.61 Å². The number of benzene rings is 4. The molecule has 1 heterocycles. The van der Waals surface area contributed by atoms with Crippen LogP contribution in [0.25, 0.3) is 22.3 Å². The second-order valence-corrected chi connectivity index (χ2v) is 10.4. The molecule has 43 heavy (non-hydrogen) atoms. The largest absolute Gasteiger partial charge is 0.494 e. The van der Waals surface area contributed by atoms with Crippen molar-refractivity contribution < 1.29 is 14.4 Å². The fourth-order valence-corrected chi connectivity index (χ4v) is 4.81. The molecule has 0 saturated heterocycles. The molecule has 0 amide bonds. The van der Waals surface area contributed by atoms with Crippen molar-refractivity contribution in [3.63, 3.8) is 0 Å². The minimum atomic E-state index is -0.482. The number of hydrogen-bond donors (Lipinski definition) is 0.